The lowest BCUT2D eigenvalue weighted by atomic mass is 10.2. The largest absolute Gasteiger partial charge is 0.417 e. The van der Waals surface area contributed by atoms with Crippen molar-refractivity contribution in [2.24, 2.45) is 5.73 Å². The first kappa shape index (κ1) is 12.1. The van der Waals surface area contributed by atoms with Gasteiger partial charge in [-0.1, -0.05) is 30.3 Å². The number of hydrogen-bond acceptors (Lipinski definition) is 3. The first-order valence-corrected chi connectivity index (χ1v) is 5.61. The maximum atomic E-state index is 11.6. The molecule has 92 valence electrons. The zero-order valence-corrected chi connectivity index (χ0v) is 9.80. The third-order valence-electron chi connectivity index (χ3n) is 2.39. The van der Waals surface area contributed by atoms with Crippen LogP contribution in [0.25, 0.3) is 0 Å². The topological polar surface area (TPSA) is 64.3 Å². The second-order valence-corrected chi connectivity index (χ2v) is 3.73. The van der Waals surface area contributed by atoms with Crippen molar-refractivity contribution < 1.29 is 9.53 Å². The molecular weight excluding hydrogens is 228 g/mol. The van der Waals surface area contributed by atoms with Crippen LogP contribution in [0.1, 0.15) is 5.56 Å². The molecule has 0 spiro atoms. The van der Waals surface area contributed by atoms with Crippen LogP contribution < -0.4 is 15.8 Å². The second-order valence-electron chi connectivity index (χ2n) is 3.73. The van der Waals surface area contributed by atoms with Crippen LogP contribution >= 0.6 is 0 Å². The van der Waals surface area contributed by atoms with Gasteiger partial charge in [-0.3, -0.25) is 5.32 Å². The molecule has 2 rings (SSSR count). The number of benzene rings is 2. The summed E-state index contributed by atoms with van der Waals surface area (Å²) in [4.78, 5) is 11.6. The van der Waals surface area contributed by atoms with Crippen LogP contribution in [-0.4, -0.2) is 6.09 Å². The molecule has 0 unspecified atom stereocenters. The van der Waals surface area contributed by atoms with E-state index in [1.165, 1.54) is 0 Å². The molecule has 2 aromatic rings. The Bertz CT molecular complexity index is 509. The molecular formula is C14H14N2O2. The third kappa shape index (κ3) is 3.33. The van der Waals surface area contributed by atoms with Gasteiger partial charge in [0.1, 0.15) is 5.75 Å². The SMILES string of the molecule is NCc1ccc(NC(=O)Oc2ccccc2)cc1. The molecule has 0 bridgehead atoms. The van der Waals surface area contributed by atoms with Crippen molar-refractivity contribution in [2.75, 3.05) is 5.32 Å². The maximum absolute atomic E-state index is 11.6. The van der Waals surface area contributed by atoms with E-state index in [1.54, 1.807) is 36.4 Å². The standard InChI is InChI=1S/C14H14N2O2/c15-10-11-6-8-12(9-7-11)16-14(17)18-13-4-2-1-3-5-13/h1-9H,10,15H2,(H,16,17). The minimum atomic E-state index is -0.512. The molecule has 0 saturated carbocycles. The molecule has 4 heteroatoms. The van der Waals surface area contributed by atoms with E-state index in [9.17, 15) is 4.79 Å². The Morgan fingerprint density at radius 1 is 1.06 bits per heavy atom. The lowest BCUT2D eigenvalue weighted by molar-refractivity contribution is 0.215. The number of nitrogens with two attached hydrogens (primary N) is 1. The summed E-state index contributed by atoms with van der Waals surface area (Å²) >= 11 is 0. The van der Waals surface area contributed by atoms with Gasteiger partial charge in [0.05, 0.1) is 0 Å². The highest BCUT2D eigenvalue weighted by molar-refractivity contribution is 5.86. The Morgan fingerprint density at radius 3 is 2.33 bits per heavy atom. The van der Waals surface area contributed by atoms with Crippen molar-refractivity contribution in [2.45, 2.75) is 6.54 Å². The summed E-state index contributed by atoms with van der Waals surface area (Å²) in [5, 5.41) is 2.64. The number of rotatable bonds is 3. The van der Waals surface area contributed by atoms with Crippen LogP contribution in [0.3, 0.4) is 0 Å². The van der Waals surface area contributed by atoms with Crippen LogP contribution in [0, 0.1) is 0 Å². The molecule has 3 N–H and O–H groups in total. The minimum Gasteiger partial charge on any atom is -0.410 e. The van der Waals surface area contributed by atoms with Crippen molar-refractivity contribution in [3.63, 3.8) is 0 Å². The maximum Gasteiger partial charge on any atom is 0.417 e. The number of ether oxygens (including phenoxy) is 1. The van der Waals surface area contributed by atoms with Gasteiger partial charge in [-0.15, -0.1) is 0 Å². The number of carbonyl (C=O) groups is 1. The zero-order chi connectivity index (χ0) is 12.8. The van der Waals surface area contributed by atoms with E-state index in [4.69, 9.17) is 10.5 Å². The third-order valence-corrected chi connectivity index (χ3v) is 2.39. The van der Waals surface area contributed by atoms with E-state index in [1.807, 2.05) is 18.2 Å². The van der Waals surface area contributed by atoms with Crippen LogP contribution in [-0.2, 0) is 6.54 Å². The molecule has 0 saturated heterocycles. The van der Waals surface area contributed by atoms with Crippen molar-refractivity contribution in [3.8, 4) is 5.75 Å². The van der Waals surface area contributed by atoms with Gasteiger partial charge in [-0.25, -0.2) is 4.79 Å². The molecule has 0 aliphatic rings. The van der Waals surface area contributed by atoms with Crippen molar-refractivity contribution in [1.29, 1.82) is 0 Å². The highest BCUT2D eigenvalue weighted by atomic mass is 16.6. The Kier molecular flexibility index (Phi) is 3.94. The second kappa shape index (κ2) is 5.84. The Balaban J connectivity index is 1.94. The number of hydrogen-bond donors (Lipinski definition) is 2. The van der Waals surface area contributed by atoms with Gasteiger partial charge in [0.25, 0.3) is 0 Å². The fraction of sp³-hybridized carbons (Fsp3) is 0.0714. The van der Waals surface area contributed by atoms with E-state index < -0.39 is 6.09 Å². The molecule has 4 nitrogen and oxygen atoms in total. The molecule has 0 aliphatic carbocycles. The lowest BCUT2D eigenvalue weighted by Crippen LogP contribution is -2.16. The number of nitrogens with one attached hydrogen (secondary N) is 1. The Morgan fingerprint density at radius 2 is 1.72 bits per heavy atom. The van der Waals surface area contributed by atoms with Crippen molar-refractivity contribution in [1.82, 2.24) is 0 Å². The lowest BCUT2D eigenvalue weighted by Gasteiger charge is -2.06. The monoisotopic (exact) mass is 242 g/mol. The molecule has 0 atom stereocenters. The van der Waals surface area contributed by atoms with Gasteiger partial charge in [0.2, 0.25) is 0 Å². The van der Waals surface area contributed by atoms with Crippen LogP contribution in [0.2, 0.25) is 0 Å². The summed E-state index contributed by atoms with van der Waals surface area (Å²) in [5.41, 5.74) is 7.18. The van der Waals surface area contributed by atoms with E-state index >= 15 is 0 Å². The summed E-state index contributed by atoms with van der Waals surface area (Å²) in [6, 6.07) is 16.2. The van der Waals surface area contributed by atoms with Crippen molar-refractivity contribution in [3.05, 3.63) is 60.2 Å². The molecule has 18 heavy (non-hydrogen) atoms. The molecule has 1 amide bonds. The molecule has 2 aromatic carbocycles. The predicted octanol–water partition coefficient (Wildman–Crippen LogP) is 2.76. The summed E-state index contributed by atoms with van der Waals surface area (Å²) in [6.45, 7) is 0.481. The Hall–Kier alpha value is -2.33. The smallest absolute Gasteiger partial charge is 0.410 e. The minimum absolute atomic E-state index is 0.481. The molecule has 0 heterocycles. The predicted molar refractivity (Wildman–Crippen MR) is 70.4 cm³/mol. The molecule has 0 aliphatic heterocycles. The van der Waals surface area contributed by atoms with Crippen LogP contribution in [0.4, 0.5) is 10.5 Å². The number of para-hydroxylation sites is 1. The average Bonchev–Trinajstić information content (AvgIpc) is 2.40. The van der Waals surface area contributed by atoms with Gasteiger partial charge < -0.3 is 10.5 Å². The van der Waals surface area contributed by atoms with Gasteiger partial charge in [0.15, 0.2) is 0 Å². The number of anilines is 1. The number of amides is 1. The highest BCUT2D eigenvalue weighted by Gasteiger charge is 2.04. The summed E-state index contributed by atoms with van der Waals surface area (Å²) < 4.78 is 5.10. The summed E-state index contributed by atoms with van der Waals surface area (Å²) in [6.07, 6.45) is -0.512. The average molecular weight is 242 g/mol. The van der Waals surface area contributed by atoms with Crippen LogP contribution in [0.5, 0.6) is 5.75 Å². The van der Waals surface area contributed by atoms with E-state index in [0.29, 0.717) is 18.0 Å². The number of carbonyl (C=O) groups excluding carboxylic acids is 1. The van der Waals surface area contributed by atoms with Gasteiger partial charge >= 0.3 is 6.09 Å². The first-order chi connectivity index (χ1) is 8.78. The first-order valence-electron chi connectivity index (χ1n) is 5.61. The Labute approximate surface area is 105 Å². The van der Waals surface area contributed by atoms with E-state index in [-0.39, 0.29) is 0 Å². The fourth-order valence-electron chi connectivity index (χ4n) is 1.46. The van der Waals surface area contributed by atoms with E-state index in [2.05, 4.69) is 5.32 Å². The highest BCUT2D eigenvalue weighted by Crippen LogP contribution is 2.12. The van der Waals surface area contributed by atoms with Gasteiger partial charge in [-0.2, -0.15) is 0 Å². The summed E-state index contributed by atoms with van der Waals surface area (Å²) in [7, 11) is 0. The summed E-state index contributed by atoms with van der Waals surface area (Å²) in [5.74, 6) is 0.508. The van der Waals surface area contributed by atoms with Crippen LogP contribution in [0.15, 0.2) is 54.6 Å². The van der Waals surface area contributed by atoms with Gasteiger partial charge in [-0.05, 0) is 29.8 Å². The van der Waals surface area contributed by atoms with Gasteiger partial charge in [0, 0.05) is 12.2 Å². The quantitative estimate of drug-likeness (QED) is 0.869. The normalized spacial score (nSPS) is 9.83. The molecule has 0 aromatic heterocycles. The van der Waals surface area contributed by atoms with E-state index in [0.717, 1.165) is 5.56 Å². The van der Waals surface area contributed by atoms with Crippen molar-refractivity contribution >= 4 is 11.8 Å². The molecule has 0 radical (unpaired) electrons. The molecule has 0 fully saturated rings. The zero-order valence-electron chi connectivity index (χ0n) is 9.80. The fourth-order valence-corrected chi connectivity index (χ4v) is 1.46.